The van der Waals surface area contributed by atoms with Crippen LogP contribution in [0.1, 0.15) is 31.2 Å². The third-order valence-corrected chi connectivity index (χ3v) is 4.01. The van der Waals surface area contributed by atoms with Gasteiger partial charge in [-0.25, -0.2) is 4.79 Å². The second kappa shape index (κ2) is 6.27. The highest BCUT2D eigenvalue weighted by Crippen LogP contribution is 2.28. The molecule has 1 N–H and O–H groups in total. The summed E-state index contributed by atoms with van der Waals surface area (Å²) >= 11 is 0. The summed E-state index contributed by atoms with van der Waals surface area (Å²) in [5.41, 5.74) is 1.04. The van der Waals surface area contributed by atoms with E-state index in [4.69, 9.17) is 4.74 Å². The van der Waals surface area contributed by atoms with Gasteiger partial charge in [-0.2, -0.15) is 0 Å². The average Bonchev–Trinajstić information content (AvgIpc) is 3.20. The number of hydrogen-bond donors (Lipinski definition) is 1. The molecule has 4 heteroatoms. The molecule has 1 aliphatic carbocycles. The molecule has 1 aromatic rings. The maximum atomic E-state index is 12.3. The molecule has 1 heterocycles. The van der Waals surface area contributed by atoms with E-state index in [0.29, 0.717) is 18.7 Å². The van der Waals surface area contributed by atoms with E-state index in [2.05, 4.69) is 5.32 Å². The Labute approximate surface area is 120 Å². The fraction of sp³-hybridized carbons (Fsp3) is 0.562. The lowest BCUT2D eigenvalue weighted by Gasteiger charge is -2.25. The van der Waals surface area contributed by atoms with E-state index in [1.54, 1.807) is 0 Å². The number of ether oxygens (including phenoxy) is 1. The number of nitrogens with one attached hydrogen (secondary N) is 1. The molecular weight excluding hydrogens is 252 g/mol. The van der Waals surface area contributed by atoms with Crippen molar-refractivity contribution in [2.24, 2.45) is 0 Å². The van der Waals surface area contributed by atoms with E-state index in [-0.39, 0.29) is 6.09 Å². The molecule has 1 amide bonds. The molecule has 2 fully saturated rings. The summed E-state index contributed by atoms with van der Waals surface area (Å²) in [4.78, 5) is 14.2. The zero-order valence-corrected chi connectivity index (χ0v) is 11.8. The molecule has 1 aromatic carbocycles. The summed E-state index contributed by atoms with van der Waals surface area (Å²) < 4.78 is 5.46. The Morgan fingerprint density at radius 3 is 2.70 bits per heavy atom. The predicted molar refractivity (Wildman–Crippen MR) is 77.4 cm³/mol. The Balaban J connectivity index is 1.52. The molecular formula is C16H22N2O2. The molecule has 2 aliphatic rings. The molecule has 1 saturated carbocycles. The van der Waals surface area contributed by atoms with Crippen molar-refractivity contribution in [2.75, 3.05) is 13.1 Å². The third-order valence-electron chi connectivity index (χ3n) is 4.01. The van der Waals surface area contributed by atoms with Crippen molar-refractivity contribution in [1.82, 2.24) is 10.2 Å². The van der Waals surface area contributed by atoms with Crippen LogP contribution >= 0.6 is 0 Å². The van der Waals surface area contributed by atoms with Crippen LogP contribution in [0.25, 0.3) is 0 Å². The number of nitrogens with zero attached hydrogens (tertiary/aromatic N) is 1. The lowest BCUT2D eigenvalue weighted by atomic mass is 10.2. The summed E-state index contributed by atoms with van der Waals surface area (Å²) in [7, 11) is 0. The number of carbonyl (C=O) groups is 1. The standard InChI is InChI=1S/C16H22N2O2/c19-16(20-12-13-5-2-1-3-6-13)18(15-8-9-15)11-14-7-4-10-17-14/h1-3,5-6,14-15,17H,4,7-12H2/t14-/m1/s1. The van der Waals surface area contributed by atoms with Gasteiger partial charge < -0.3 is 15.0 Å². The molecule has 1 aliphatic heterocycles. The highest BCUT2D eigenvalue weighted by molar-refractivity contribution is 5.68. The number of benzene rings is 1. The second-order valence-electron chi connectivity index (χ2n) is 5.72. The first-order valence-electron chi connectivity index (χ1n) is 7.53. The van der Waals surface area contributed by atoms with Gasteiger partial charge in [-0.1, -0.05) is 30.3 Å². The Hall–Kier alpha value is -1.55. The second-order valence-corrected chi connectivity index (χ2v) is 5.72. The molecule has 0 spiro atoms. The fourth-order valence-corrected chi connectivity index (χ4v) is 2.71. The molecule has 20 heavy (non-hydrogen) atoms. The summed E-state index contributed by atoms with van der Waals surface area (Å²) in [6.45, 7) is 2.22. The molecule has 1 saturated heterocycles. The first kappa shape index (κ1) is 13.4. The Kier molecular flexibility index (Phi) is 4.21. The average molecular weight is 274 g/mol. The zero-order valence-electron chi connectivity index (χ0n) is 11.8. The number of amides is 1. The van der Waals surface area contributed by atoms with E-state index >= 15 is 0 Å². The Bertz CT molecular complexity index is 439. The molecule has 0 unspecified atom stereocenters. The van der Waals surface area contributed by atoms with Crippen LogP contribution < -0.4 is 5.32 Å². The van der Waals surface area contributed by atoms with Crippen molar-refractivity contribution in [1.29, 1.82) is 0 Å². The van der Waals surface area contributed by atoms with Crippen LogP contribution in [0.2, 0.25) is 0 Å². The monoisotopic (exact) mass is 274 g/mol. The normalized spacial score (nSPS) is 21.7. The van der Waals surface area contributed by atoms with Crippen molar-refractivity contribution < 1.29 is 9.53 Å². The van der Waals surface area contributed by atoms with Crippen LogP contribution in [-0.2, 0) is 11.3 Å². The minimum absolute atomic E-state index is 0.162. The van der Waals surface area contributed by atoms with E-state index in [1.807, 2.05) is 35.2 Å². The van der Waals surface area contributed by atoms with E-state index in [9.17, 15) is 4.79 Å². The maximum Gasteiger partial charge on any atom is 0.410 e. The zero-order chi connectivity index (χ0) is 13.8. The van der Waals surface area contributed by atoms with Gasteiger partial charge in [-0.15, -0.1) is 0 Å². The summed E-state index contributed by atoms with van der Waals surface area (Å²) in [6.07, 6.45) is 4.45. The first-order chi connectivity index (χ1) is 9.83. The topological polar surface area (TPSA) is 41.6 Å². The maximum absolute atomic E-state index is 12.3. The lowest BCUT2D eigenvalue weighted by molar-refractivity contribution is 0.0904. The molecule has 0 radical (unpaired) electrons. The van der Waals surface area contributed by atoms with Crippen LogP contribution in [-0.4, -0.2) is 36.2 Å². The van der Waals surface area contributed by atoms with Crippen molar-refractivity contribution in [3.63, 3.8) is 0 Å². The van der Waals surface area contributed by atoms with Gasteiger partial charge in [0, 0.05) is 18.6 Å². The predicted octanol–water partition coefficient (Wildman–Crippen LogP) is 2.54. The number of hydrogen-bond acceptors (Lipinski definition) is 3. The Morgan fingerprint density at radius 2 is 2.05 bits per heavy atom. The molecule has 1 atom stereocenters. The van der Waals surface area contributed by atoms with Crippen molar-refractivity contribution in [3.8, 4) is 0 Å². The Morgan fingerprint density at radius 1 is 1.25 bits per heavy atom. The van der Waals surface area contributed by atoms with Crippen LogP contribution in [0.15, 0.2) is 30.3 Å². The van der Waals surface area contributed by atoms with Crippen molar-refractivity contribution in [3.05, 3.63) is 35.9 Å². The van der Waals surface area contributed by atoms with Gasteiger partial charge >= 0.3 is 6.09 Å². The largest absolute Gasteiger partial charge is 0.445 e. The number of rotatable bonds is 5. The van der Waals surface area contributed by atoms with E-state index in [1.165, 1.54) is 6.42 Å². The SMILES string of the molecule is O=C(OCc1ccccc1)N(C[C@H]1CCCN1)C1CC1. The fourth-order valence-electron chi connectivity index (χ4n) is 2.71. The van der Waals surface area contributed by atoms with Gasteiger partial charge in [-0.05, 0) is 37.8 Å². The smallest absolute Gasteiger partial charge is 0.410 e. The number of carbonyl (C=O) groups excluding carboxylic acids is 1. The van der Waals surface area contributed by atoms with Crippen LogP contribution in [0.3, 0.4) is 0 Å². The third kappa shape index (κ3) is 3.51. The van der Waals surface area contributed by atoms with Gasteiger partial charge in [0.05, 0.1) is 0 Å². The molecule has 3 rings (SSSR count). The van der Waals surface area contributed by atoms with Crippen molar-refractivity contribution >= 4 is 6.09 Å². The summed E-state index contributed by atoms with van der Waals surface area (Å²) in [5, 5.41) is 3.45. The van der Waals surface area contributed by atoms with Crippen LogP contribution in [0.5, 0.6) is 0 Å². The van der Waals surface area contributed by atoms with E-state index in [0.717, 1.165) is 37.9 Å². The van der Waals surface area contributed by atoms with Gasteiger partial charge in [0.2, 0.25) is 0 Å². The van der Waals surface area contributed by atoms with Gasteiger partial charge in [0.1, 0.15) is 6.61 Å². The highest BCUT2D eigenvalue weighted by Gasteiger charge is 2.35. The van der Waals surface area contributed by atoms with Crippen LogP contribution in [0.4, 0.5) is 4.79 Å². The highest BCUT2D eigenvalue weighted by atomic mass is 16.6. The minimum Gasteiger partial charge on any atom is -0.445 e. The van der Waals surface area contributed by atoms with Gasteiger partial charge in [0.15, 0.2) is 0 Å². The summed E-state index contributed by atoms with van der Waals surface area (Å²) in [5.74, 6) is 0. The molecule has 108 valence electrons. The summed E-state index contributed by atoms with van der Waals surface area (Å²) in [6, 6.07) is 10.7. The van der Waals surface area contributed by atoms with Gasteiger partial charge in [0.25, 0.3) is 0 Å². The molecule has 0 bridgehead atoms. The van der Waals surface area contributed by atoms with Gasteiger partial charge in [-0.3, -0.25) is 0 Å². The minimum atomic E-state index is -0.162. The quantitative estimate of drug-likeness (QED) is 0.897. The molecule has 4 nitrogen and oxygen atoms in total. The first-order valence-corrected chi connectivity index (χ1v) is 7.53. The van der Waals surface area contributed by atoms with Crippen LogP contribution in [0, 0.1) is 0 Å². The lowest BCUT2D eigenvalue weighted by Crippen LogP contribution is -2.42. The van der Waals surface area contributed by atoms with Crippen molar-refractivity contribution in [2.45, 2.75) is 44.4 Å². The van der Waals surface area contributed by atoms with E-state index < -0.39 is 0 Å². The molecule has 0 aromatic heterocycles.